The standard InChI is InChI=1S/C16H22N4/c1-5-12-8-7-9-13(10-12)18-16-11(3)15(17-4)19-14(6-2)20-16/h7-10H,5-6H2,1-4H3,(H2,17,18,19,20). The molecule has 0 aliphatic rings. The molecular formula is C16H22N4. The lowest BCUT2D eigenvalue weighted by atomic mass is 10.1. The van der Waals surface area contributed by atoms with Gasteiger partial charge in [-0.05, 0) is 31.0 Å². The van der Waals surface area contributed by atoms with E-state index in [9.17, 15) is 0 Å². The van der Waals surface area contributed by atoms with Crippen molar-refractivity contribution in [3.63, 3.8) is 0 Å². The van der Waals surface area contributed by atoms with Gasteiger partial charge in [0.05, 0.1) is 0 Å². The van der Waals surface area contributed by atoms with Crippen LogP contribution in [0.4, 0.5) is 17.3 Å². The summed E-state index contributed by atoms with van der Waals surface area (Å²) in [6.45, 7) is 6.24. The highest BCUT2D eigenvalue weighted by Gasteiger charge is 2.09. The van der Waals surface area contributed by atoms with Crippen LogP contribution >= 0.6 is 0 Å². The molecule has 0 bridgehead atoms. The fourth-order valence-corrected chi connectivity index (χ4v) is 2.09. The van der Waals surface area contributed by atoms with Gasteiger partial charge in [-0.25, -0.2) is 9.97 Å². The molecule has 0 aliphatic heterocycles. The number of benzene rings is 1. The number of hydrogen-bond donors (Lipinski definition) is 2. The number of nitrogens with one attached hydrogen (secondary N) is 2. The maximum absolute atomic E-state index is 4.59. The molecule has 0 aliphatic carbocycles. The number of nitrogens with zero attached hydrogens (tertiary/aromatic N) is 2. The van der Waals surface area contributed by atoms with Gasteiger partial charge in [0.1, 0.15) is 17.5 Å². The van der Waals surface area contributed by atoms with Crippen LogP contribution in [-0.4, -0.2) is 17.0 Å². The van der Waals surface area contributed by atoms with Gasteiger partial charge in [-0.15, -0.1) is 0 Å². The first kappa shape index (κ1) is 14.3. The molecule has 1 aromatic carbocycles. The predicted molar refractivity (Wildman–Crippen MR) is 84.8 cm³/mol. The number of hydrogen-bond acceptors (Lipinski definition) is 4. The van der Waals surface area contributed by atoms with Crippen molar-refractivity contribution in [1.29, 1.82) is 0 Å². The molecule has 4 nitrogen and oxygen atoms in total. The average molecular weight is 270 g/mol. The predicted octanol–water partition coefficient (Wildman–Crippen LogP) is 3.70. The van der Waals surface area contributed by atoms with E-state index in [4.69, 9.17) is 0 Å². The molecule has 1 aromatic heterocycles. The number of aromatic nitrogens is 2. The quantitative estimate of drug-likeness (QED) is 0.870. The molecule has 0 saturated heterocycles. The van der Waals surface area contributed by atoms with Gasteiger partial charge < -0.3 is 10.6 Å². The zero-order valence-corrected chi connectivity index (χ0v) is 12.6. The van der Waals surface area contributed by atoms with E-state index >= 15 is 0 Å². The molecule has 0 unspecified atom stereocenters. The normalized spacial score (nSPS) is 10.4. The molecule has 0 spiro atoms. The van der Waals surface area contributed by atoms with E-state index < -0.39 is 0 Å². The van der Waals surface area contributed by atoms with Crippen molar-refractivity contribution in [2.75, 3.05) is 17.7 Å². The second-order valence-electron chi connectivity index (χ2n) is 4.74. The minimum absolute atomic E-state index is 0.818. The summed E-state index contributed by atoms with van der Waals surface area (Å²) in [5.41, 5.74) is 3.41. The van der Waals surface area contributed by atoms with E-state index in [0.29, 0.717) is 0 Å². The van der Waals surface area contributed by atoms with Crippen molar-refractivity contribution >= 4 is 17.3 Å². The fourth-order valence-electron chi connectivity index (χ4n) is 2.09. The molecule has 0 atom stereocenters. The summed E-state index contributed by atoms with van der Waals surface area (Å²) in [5, 5.41) is 6.53. The Kier molecular flexibility index (Phi) is 4.56. The van der Waals surface area contributed by atoms with Gasteiger partial charge in [0, 0.05) is 24.7 Å². The van der Waals surface area contributed by atoms with Crippen LogP contribution in [0.15, 0.2) is 24.3 Å². The Morgan fingerprint density at radius 1 is 1.05 bits per heavy atom. The van der Waals surface area contributed by atoms with Gasteiger partial charge >= 0.3 is 0 Å². The number of rotatable bonds is 5. The number of aryl methyl sites for hydroxylation is 2. The smallest absolute Gasteiger partial charge is 0.139 e. The van der Waals surface area contributed by atoms with Crippen LogP contribution in [0, 0.1) is 6.92 Å². The maximum Gasteiger partial charge on any atom is 0.139 e. The Balaban J connectivity index is 2.36. The summed E-state index contributed by atoms with van der Waals surface area (Å²) in [6, 6.07) is 8.42. The second-order valence-corrected chi connectivity index (χ2v) is 4.74. The van der Waals surface area contributed by atoms with Gasteiger partial charge in [0.15, 0.2) is 0 Å². The zero-order valence-electron chi connectivity index (χ0n) is 12.6. The maximum atomic E-state index is 4.59. The molecule has 0 fully saturated rings. The monoisotopic (exact) mass is 270 g/mol. The largest absolute Gasteiger partial charge is 0.373 e. The Bertz CT molecular complexity index is 593. The Morgan fingerprint density at radius 3 is 2.45 bits per heavy atom. The SMILES string of the molecule is CCc1cccc(Nc2nc(CC)nc(NC)c2C)c1. The first-order valence-electron chi connectivity index (χ1n) is 7.09. The molecular weight excluding hydrogens is 248 g/mol. The summed E-state index contributed by atoms with van der Waals surface area (Å²) in [6.07, 6.45) is 1.85. The van der Waals surface area contributed by atoms with Crippen molar-refractivity contribution in [3.05, 3.63) is 41.2 Å². The molecule has 0 amide bonds. The van der Waals surface area contributed by atoms with Gasteiger partial charge in [-0.1, -0.05) is 26.0 Å². The average Bonchev–Trinajstić information content (AvgIpc) is 2.49. The van der Waals surface area contributed by atoms with Crippen LogP contribution in [-0.2, 0) is 12.8 Å². The summed E-state index contributed by atoms with van der Waals surface area (Å²) in [4.78, 5) is 9.07. The van der Waals surface area contributed by atoms with E-state index in [1.165, 1.54) is 5.56 Å². The van der Waals surface area contributed by atoms with Crippen LogP contribution in [0.25, 0.3) is 0 Å². The summed E-state index contributed by atoms with van der Waals surface area (Å²) < 4.78 is 0. The lowest BCUT2D eigenvalue weighted by Crippen LogP contribution is -2.06. The molecule has 2 aromatic rings. The van der Waals surface area contributed by atoms with Crippen molar-refractivity contribution in [2.24, 2.45) is 0 Å². The van der Waals surface area contributed by atoms with Crippen molar-refractivity contribution in [1.82, 2.24) is 9.97 Å². The van der Waals surface area contributed by atoms with Crippen molar-refractivity contribution in [3.8, 4) is 0 Å². The molecule has 20 heavy (non-hydrogen) atoms. The van der Waals surface area contributed by atoms with Gasteiger partial charge in [0.25, 0.3) is 0 Å². The molecule has 2 N–H and O–H groups in total. The van der Waals surface area contributed by atoms with Gasteiger partial charge in [-0.2, -0.15) is 0 Å². The Hall–Kier alpha value is -2.10. The second kappa shape index (κ2) is 6.37. The molecule has 0 saturated carbocycles. The number of anilines is 3. The van der Waals surface area contributed by atoms with Crippen LogP contribution in [0.3, 0.4) is 0 Å². The van der Waals surface area contributed by atoms with Gasteiger partial charge in [-0.3, -0.25) is 0 Å². The van der Waals surface area contributed by atoms with Crippen LogP contribution in [0.1, 0.15) is 30.8 Å². The molecule has 4 heteroatoms. The fraction of sp³-hybridized carbons (Fsp3) is 0.375. The minimum Gasteiger partial charge on any atom is -0.373 e. The summed E-state index contributed by atoms with van der Waals surface area (Å²) in [7, 11) is 1.89. The molecule has 1 heterocycles. The highest BCUT2D eigenvalue weighted by atomic mass is 15.1. The topological polar surface area (TPSA) is 49.8 Å². The molecule has 0 radical (unpaired) electrons. The Labute approximate surface area is 120 Å². The van der Waals surface area contributed by atoms with E-state index in [1.54, 1.807) is 0 Å². The molecule has 106 valence electrons. The summed E-state index contributed by atoms with van der Waals surface area (Å²) in [5.74, 6) is 2.59. The molecule has 2 rings (SSSR count). The first-order chi connectivity index (χ1) is 9.67. The third-order valence-electron chi connectivity index (χ3n) is 3.34. The summed E-state index contributed by atoms with van der Waals surface area (Å²) >= 11 is 0. The van der Waals surface area contributed by atoms with E-state index in [0.717, 1.165) is 41.6 Å². The first-order valence-corrected chi connectivity index (χ1v) is 7.09. The van der Waals surface area contributed by atoms with Crippen LogP contribution in [0.5, 0.6) is 0 Å². The lowest BCUT2D eigenvalue weighted by molar-refractivity contribution is 0.935. The third kappa shape index (κ3) is 3.07. The van der Waals surface area contributed by atoms with E-state index in [2.05, 4.69) is 58.7 Å². The minimum atomic E-state index is 0.818. The van der Waals surface area contributed by atoms with Crippen LogP contribution in [0.2, 0.25) is 0 Å². The van der Waals surface area contributed by atoms with E-state index in [1.807, 2.05) is 14.0 Å². The van der Waals surface area contributed by atoms with E-state index in [-0.39, 0.29) is 0 Å². The van der Waals surface area contributed by atoms with Crippen molar-refractivity contribution in [2.45, 2.75) is 33.6 Å². The van der Waals surface area contributed by atoms with Crippen molar-refractivity contribution < 1.29 is 0 Å². The highest BCUT2D eigenvalue weighted by Crippen LogP contribution is 2.24. The third-order valence-corrected chi connectivity index (χ3v) is 3.34. The van der Waals surface area contributed by atoms with Crippen LogP contribution < -0.4 is 10.6 Å². The highest BCUT2D eigenvalue weighted by molar-refractivity contribution is 5.65. The Morgan fingerprint density at radius 2 is 1.80 bits per heavy atom. The van der Waals surface area contributed by atoms with Gasteiger partial charge in [0.2, 0.25) is 0 Å². The zero-order chi connectivity index (χ0) is 14.5. The lowest BCUT2D eigenvalue weighted by Gasteiger charge is -2.13.